The van der Waals surface area contributed by atoms with Crippen molar-refractivity contribution in [1.82, 2.24) is 10.2 Å². The van der Waals surface area contributed by atoms with Crippen LogP contribution in [0.5, 0.6) is 0 Å². The van der Waals surface area contributed by atoms with Gasteiger partial charge in [-0.3, -0.25) is 4.79 Å². The van der Waals surface area contributed by atoms with Crippen LogP contribution in [0.1, 0.15) is 31.4 Å². The molecule has 1 aliphatic carbocycles. The van der Waals surface area contributed by atoms with Gasteiger partial charge in [-0.1, -0.05) is 30.3 Å². The molecule has 4 nitrogen and oxygen atoms in total. The van der Waals surface area contributed by atoms with Crippen LogP contribution < -0.4 is 5.32 Å². The van der Waals surface area contributed by atoms with Crippen LogP contribution in [0.4, 0.5) is 0 Å². The van der Waals surface area contributed by atoms with Crippen molar-refractivity contribution in [3.8, 4) is 0 Å². The van der Waals surface area contributed by atoms with Gasteiger partial charge in [0.2, 0.25) is 5.91 Å². The van der Waals surface area contributed by atoms with Crippen molar-refractivity contribution in [3.63, 3.8) is 0 Å². The van der Waals surface area contributed by atoms with Gasteiger partial charge in [-0.2, -0.15) is 0 Å². The average Bonchev–Trinajstić information content (AvgIpc) is 3.25. The molecule has 1 aromatic carbocycles. The van der Waals surface area contributed by atoms with Gasteiger partial charge in [0.05, 0.1) is 12.6 Å². The molecular formula is C15H22N2O2. The predicted octanol–water partition coefficient (Wildman–Crippen LogP) is 1.32. The predicted molar refractivity (Wildman–Crippen MR) is 74.7 cm³/mol. The first kappa shape index (κ1) is 14.0. The van der Waals surface area contributed by atoms with Gasteiger partial charge in [-0.05, 0) is 25.3 Å². The molecule has 0 saturated heterocycles. The van der Waals surface area contributed by atoms with E-state index >= 15 is 0 Å². The first-order valence-corrected chi connectivity index (χ1v) is 6.95. The number of aliphatic hydroxyl groups is 1. The molecule has 0 radical (unpaired) electrons. The number of nitrogens with zero attached hydrogens (tertiary/aromatic N) is 1. The maximum Gasteiger partial charge on any atom is 0.236 e. The topological polar surface area (TPSA) is 52.6 Å². The zero-order chi connectivity index (χ0) is 13.7. The average molecular weight is 262 g/mol. The van der Waals surface area contributed by atoms with Gasteiger partial charge < -0.3 is 15.3 Å². The molecule has 1 saturated carbocycles. The lowest BCUT2D eigenvalue weighted by atomic mass is 10.1. The van der Waals surface area contributed by atoms with Crippen LogP contribution in [0.25, 0.3) is 0 Å². The SMILES string of the molecule is CCN(C(=O)CNCC(O)c1ccccc1)C1CC1. The fourth-order valence-corrected chi connectivity index (χ4v) is 2.23. The van der Waals surface area contributed by atoms with E-state index in [0.717, 1.165) is 24.9 Å². The Kier molecular flexibility index (Phi) is 4.93. The molecule has 0 aliphatic heterocycles. The van der Waals surface area contributed by atoms with Gasteiger partial charge in [0.25, 0.3) is 0 Å². The minimum atomic E-state index is -0.565. The Balaban J connectivity index is 1.72. The van der Waals surface area contributed by atoms with Gasteiger partial charge >= 0.3 is 0 Å². The lowest BCUT2D eigenvalue weighted by Crippen LogP contribution is -2.40. The maximum atomic E-state index is 12.0. The van der Waals surface area contributed by atoms with Crippen LogP contribution >= 0.6 is 0 Å². The monoisotopic (exact) mass is 262 g/mol. The van der Waals surface area contributed by atoms with Crippen molar-refractivity contribution in [3.05, 3.63) is 35.9 Å². The molecule has 1 amide bonds. The van der Waals surface area contributed by atoms with Crippen LogP contribution in [0.3, 0.4) is 0 Å². The molecule has 0 spiro atoms. The smallest absolute Gasteiger partial charge is 0.236 e. The Morgan fingerprint density at radius 1 is 1.42 bits per heavy atom. The van der Waals surface area contributed by atoms with Gasteiger partial charge in [0.1, 0.15) is 0 Å². The Morgan fingerprint density at radius 2 is 2.11 bits per heavy atom. The number of carbonyl (C=O) groups is 1. The summed E-state index contributed by atoms with van der Waals surface area (Å²) >= 11 is 0. The Hall–Kier alpha value is -1.39. The minimum Gasteiger partial charge on any atom is -0.387 e. The van der Waals surface area contributed by atoms with Crippen molar-refractivity contribution >= 4 is 5.91 Å². The van der Waals surface area contributed by atoms with Crippen LogP contribution in [-0.2, 0) is 4.79 Å². The largest absolute Gasteiger partial charge is 0.387 e. The van der Waals surface area contributed by atoms with Crippen molar-refractivity contribution in [2.75, 3.05) is 19.6 Å². The van der Waals surface area contributed by atoms with Crippen LogP contribution in [0.15, 0.2) is 30.3 Å². The van der Waals surface area contributed by atoms with E-state index in [1.165, 1.54) is 0 Å². The molecule has 0 bridgehead atoms. The number of benzene rings is 1. The molecule has 2 rings (SSSR count). The number of carbonyl (C=O) groups excluding carboxylic acids is 1. The van der Waals surface area contributed by atoms with Crippen LogP contribution in [0.2, 0.25) is 0 Å². The van der Waals surface area contributed by atoms with E-state index in [-0.39, 0.29) is 5.91 Å². The molecule has 1 aromatic rings. The second kappa shape index (κ2) is 6.68. The molecule has 19 heavy (non-hydrogen) atoms. The molecular weight excluding hydrogens is 240 g/mol. The minimum absolute atomic E-state index is 0.130. The van der Waals surface area contributed by atoms with E-state index in [2.05, 4.69) is 5.32 Å². The van der Waals surface area contributed by atoms with Crippen LogP contribution in [-0.4, -0.2) is 41.6 Å². The Labute approximate surface area is 114 Å². The zero-order valence-electron chi connectivity index (χ0n) is 11.4. The summed E-state index contributed by atoms with van der Waals surface area (Å²) in [6.45, 7) is 3.48. The van der Waals surface area contributed by atoms with Gasteiger partial charge in [0.15, 0.2) is 0 Å². The summed E-state index contributed by atoms with van der Waals surface area (Å²) in [6, 6.07) is 9.94. The molecule has 4 heteroatoms. The van der Waals surface area contributed by atoms with Crippen LogP contribution in [0, 0.1) is 0 Å². The normalized spacial score (nSPS) is 16.1. The summed E-state index contributed by atoms with van der Waals surface area (Å²) in [5.41, 5.74) is 0.872. The number of nitrogens with one attached hydrogen (secondary N) is 1. The number of hydrogen-bond acceptors (Lipinski definition) is 3. The lowest BCUT2D eigenvalue weighted by molar-refractivity contribution is -0.130. The van der Waals surface area contributed by atoms with E-state index in [1.807, 2.05) is 42.2 Å². The van der Waals surface area contributed by atoms with E-state index in [0.29, 0.717) is 19.1 Å². The molecule has 104 valence electrons. The van der Waals surface area contributed by atoms with Crippen molar-refractivity contribution in [2.24, 2.45) is 0 Å². The highest BCUT2D eigenvalue weighted by Gasteiger charge is 2.30. The Bertz CT molecular complexity index is 404. The van der Waals surface area contributed by atoms with Gasteiger partial charge in [-0.15, -0.1) is 0 Å². The van der Waals surface area contributed by atoms with Crippen molar-refractivity contribution in [2.45, 2.75) is 31.9 Å². The number of hydrogen-bond donors (Lipinski definition) is 2. The summed E-state index contributed by atoms with van der Waals surface area (Å²) in [5.74, 6) is 0.130. The van der Waals surface area contributed by atoms with Crippen molar-refractivity contribution < 1.29 is 9.90 Å². The molecule has 0 heterocycles. The van der Waals surface area contributed by atoms with E-state index in [1.54, 1.807) is 0 Å². The highest BCUT2D eigenvalue weighted by molar-refractivity contribution is 5.78. The van der Waals surface area contributed by atoms with Crippen molar-refractivity contribution in [1.29, 1.82) is 0 Å². The summed E-state index contributed by atoms with van der Waals surface area (Å²) < 4.78 is 0. The van der Waals surface area contributed by atoms with E-state index in [4.69, 9.17) is 0 Å². The van der Waals surface area contributed by atoms with Gasteiger partial charge in [0, 0.05) is 19.1 Å². The maximum absolute atomic E-state index is 12.0. The second-order valence-electron chi connectivity index (χ2n) is 4.97. The van der Waals surface area contributed by atoms with E-state index in [9.17, 15) is 9.90 Å². The number of amides is 1. The molecule has 1 atom stereocenters. The summed E-state index contributed by atoms with van der Waals surface area (Å²) in [4.78, 5) is 13.9. The fraction of sp³-hybridized carbons (Fsp3) is 0.533. The molecule has 2 N–H and O–H groups in total. The second-order valence-corrected chi connectivity index (χ2v) is 4.97. The summed E-state index contributed by atoms with van der Waals surface area (Å²) in [5, 5.41) is 13.0. The summed E-state index contributed by atoms with van der Waals surface area (Å²) in [7, 11) is 0. The number of aliphatic hydroxyl groups excluding tert-OH is 1. The molecule has 0 aromatic heterocycles. The summed E-state index contributed by atoms with van der Waals surface area (Å²) in [6.07, 6.45) is 1.70. The third-order valence-corrected chi connectivity index (χ3v) is 3.45. The highest BCUT2D eigenvalue weighted by atomic mass is 16.3. The number of likely N-dealkylation sites (N-methyl/N-ethyl adjacent to an activating group) is 1. The third kappa shape index (κ3) is 4.04. The standard InChI is InChI=1S/C15H22N2O2/c1-2-17(13-8-9-13)15(19)11-16-10-14(18)12-6-4-3-5-7-12/h3-7,13-14,16,18H,2,8-11H2,1H3. The van der Waals surface area contributed by atoms with E-state index < -0.39 is 6.10 Å². The Morgan fingerprint density at radius 3 is 2.68 bits per heavy atom. The third-order valence-electron chi connectivity index (χ3n) is 3.45. The molecule has 1 unspecified atom stereocenters. The molecule has 1 aliphatic rings. The zero-order valence-corrected chi connectivity index (χ0v) is 11.4. The lowest BCUT2D eigenvalue weighted by Gasteiger charge is -2.21. The fourth-order valence-electron chi connectivity index (χ4n) is 2.23. The van der Waals surface area contributed by atoms with Gasteiger partial charge in [-0.25, -0.2) is 0 Å². The number of rotatable bonds is 7. The quantitative estimate of drug-likeness (QED) is 0.779. The molecule has 1 fully saturated rings. The first-order valence-electron chi connectivity index (χ1n) is 6.95. The first-order chi connectivity index (χ1) is 9.22. The highest BCUT2D eigenvalue weighted by Crippen LogP contribution is 2.26.